The van der Waals surface area contributed by atoms with E-state index in [-0.39, 0.29) is 0 Å². The molecule has 27 heavy (non-hydrogen) atoms. The summed E-state index contributed by atoms with van der Waals surface area (Å²) in [6.07, 6.45) is 3.95. The van der Waals surface area contributed by atoms with E-state index in [1.807, 2.05) is 42.8 Å². The number of ether oxygens (including phenoxy) is 1. The molecule has 0 saturated carbocycles. The molecule has 0 spiro atoms. The van der Waals surface area contributed by atoms with Crippen LogP contribution in [-0.4, -0.2) is 33.9 Å². The van der Waals surface area contributed by atoms with Gasteiger partial charge < -0.3 is 19.9 Å². The molecular formula is C20H30N6O. The van der Waals surface area contributed by atoms with Gasteiger partial charge in [-0.25, -0.2) is 4.99 Å². The highest BCUT2D eigenvalue weighted by atomic mass is 16.5. The first-order chi connectivity index (χ1) is 13.2. The molecule has 0 atom stereocenters. The molecule has 1 aromatic heterocycles. The minimum Gasteiger partial charge on any atom is -0.489 e. The molecular weight excluding hydrogens is 340 g/mol. The van der Waals surface area contributed by atoms with Gasteiger partial charge in [-0.15, -0.1) is 10.2 Å². The lowest BCUT2D eigenvalue weighted by molar-refractivity contribution is 0.359. The molecule has 0 radical (unpaired) electrons. The Morgan fingerprint density at radius 2 is 2.11 bits per heavy atom. The summed E-state index contributed by atoms with van der Waals surface area (Å²) >= 11 is 0. The number of nitrogens with zero attached hydrogens (tertiary/aromatic N) is 4. The lowest BCUT2D eigenvalue weighted by atomic mass is 10.2. The van der Waals surface area contributed by atoms with Crippen molar-refractivity contribution in [3.8, 4) is 5.75 Å². The molecule has 7 heteroatoms. The van der Waals surface area contributed by atoms with E-state index in [0.717, 1.165) is 48.3 Å². The number of nitrogens with one attached hydrogen (secondary N) is 2. The van der Waals surface area contributed by atoms with Crippen molar-refractivity contribution in [2.24, 2.45) is 12.0 Å². The predicted octanol–water partition coefficient (Wildman–Crippen LogP) is 2.72. The molecule has 0 amide bonds. The van der Waals surface area contributed by atoms with Gasteiger partial charge >= 0.3 is 0 Å². The van der Waals surface area contributed by atoms with Crippen LogP contribution in [0.5, 0.6) is 5.75 Å². The average molecular weight is 371 g/mol. The number of hydrogen-bond donors (Lipinski definition) is 2. The van der Waals surface area contributed by atoms with Crippen LogP contribution in [0.4, 0.5) is 0 Å². The topological polar surface area (TPSA) is 76.4 Å². The number of rotatable bonds is 10. The second-order valence-electron chi connectivity index (χ2n) is 6.23. The summed E-state index contributed by atoms with van der Waals surface area (Å²) in [6.45, 7) is 10.2. The van der Waals surface area contributed by atoms with Crippen molar-refractivity contribution in [2.75, 3.05) is 13.2 Å². The molecule has 1 heterocycles. The van der Waals surface area contributed by atoms with Gasteiger partial charge in [0.1, 0.15) is 18.2 Å². The Bertz CT molecular complexity index is 753. The summed E-state index contributed by atoms with van der Waals surface area (Å²) in [5.74, 6) is 3.34. The first-order valence-corrected chi connectivity index (χ1v) is 9.34. The van der Waals surface area contributed by atoms with E-state index < -0.39 is 0 Å². The zero-order valence-electron chi connectivity index (χ0n) is 16.5. The number of aryl methyl sites for hydroxylation is 1. The highest BCUT2D eigenvalue weighted by molar-refractivity contribution is 5.79. The zero-order chi connectivity index (χ0) is 19.5. The van der Waals surface area contributed by atoms with Gasteiger partial charge in [0, 0.05) is 19.2 Å². The van der Waals surface area contributed by atoms with Crippen LogP contribution in [0.3, 0.4) is 0 Å². The Morgan fingerprint density at radius 1 is 1.30 bits per heavy atom. The Labute approximate surface area is 161 Å². The summed E-state index contributed by atoms with van der Waals surface area (Å²) in [4.78, 5) is 4.72. The largest absolute Gasteiger partial charge is 0.489 e. The Morgan fingerprint density at radius 3 is 2.81 bits per heavy atom. The van der Waals surface area contributed by atoms with Crippen LogP contribution in [-0.2, 0) is 20.1 Å². The molecule has 0 fully saturated rings. The maximum atomic E-state index is 5.72. The van der Waals surface area contributed by atoms with E-state index in [0.29, 0.717) is 19.7 Å². The molecule has 0 bridgehead atoms. The fourth-order valence-corrected chi connectivity index (χ4v) is 2.41. The van der Waals surface area contributed by atoms with Gasteiger partial charge in [-0.3, -0.25) is 0 Å². The van der Waals surface area contributed by atoms with Crippen LogP contribution in [0.15, 0.2) is 41.9 Å². The fourth-order valence-electron chi connectivity index (χ4n) is 2.41. The van der Waals surface area contributed by atoms with Gasteiger partial charge in [0.25, 0.3) is 0 Å². The third-order valence-electron chi connectivity index (χ3n) is 4.16. The molecule has 7 nitrogen and oxygen atoms in total. The number of benzene rings is 1. The van der Waals surface area contributed by atoms with Crippen LogP contribution in [0, 0.1) is 6.92 Å². The SMILES string of the molecule is C=CCOc1ccccc1CN=C(NCCCC)NCc1nnc(C)n1C. The van der Waals surface area contributed by atoms with Crippen LogP contribution in [0.1, 0.15) is 37.0 Å². The summed E-state index contributed by atoms with van der Waals surface area (Å²) < 4.78 is 7.68. The quantitative estimate of drug-likeness (QED) is 0.291. The normalized spacial score (nSPS) is 11.3. The van der Waals surface area contributed by atoms with Gasteiger partial charge in [0.2, 0.25) is 0 Å². The lowest BCUT2D eigenvalue weighted by Crippen LogP contribution is -2.38. The van der Waals surface area contributed by atoms with Gasteiger partial charge in [-0.05, 0) is 19.4 Å². The maximum absolute atomic E-state index is 5.72. The third kappa shape index (κ3) is 6.44. The lowest BCUT2D eigenvalue weighted by Gasteiger charge is -2.13. The van der Waals surface area contributed by atoms with E-state index in [2.05, 4.69) is 34.3 Å². The highest BCUT2D eigenvalue weighted by Gasteiger charge is 2.07. The Kier molecular flexibility index (Phi) is 8.35. The summed E-state index contributed by atoms with van der Waals surface area (Å²) in [5, 5.41) is 15.0. The van der Waals surface area contributed by atoms with Crippen molar-refractivity contribution in [2.45, 2.75) is 39.8 Å². The van der Waals surface area contributed by atoms with E-state index in [4.69, 9.17) is 9.73 Å². The minimum atomic E-state index is 0.478. The monoisotopic (exact) mass is 370 g/mol. The van der Waals surface area contributed by atoms with Crippen molar-refractivity contribution >= 4 is 5.96 Å². The van der Waals surface area contributed by atoms with Gasteiger partial charge in [0.15, 0.2) is 11.8 Å². The predicted molar refractivity (Wildman–Crippen MR) is 109 cm³/mol. The second kappa shape index (κ2) is 11.0. The Balaban J connectivity index is 2.06. The maximum Gasteiger partial charge on any atom is 0.191 e. The smallest absolute Gasteiger partial charge is 0.191 e. The van der Waals surface area contributed by atoms with E-state index in [1.165, 1.54) is 0 Å². The van der Waals surface area contributed by atoms with Gasteiger partial charge in [0.05, 0.1) is 13.1 Å². The van der Waals surface area contributed by atoms with Crippen molar-refractivity contribution in [3.05, 3.63) is 54.1 Å². The number of hydrogen-bond acceptors (Lipinski definition) is 4. The van der Waals surface area contributed by atoms with Crippen molar-refractivity contribution in [3.63, 3.8) is 0 Å². The average Bonchev–Trinajstić information content (AvgIpc) is 3.00. The van der Waals surface area contributed by atoms with E-state index >= 15 is 0 Å². The standard InChI is InChI=1S/C20H30N6O/c1-5-7-12-21-20(23-15-19-25-24-16(3)26(19)4)22-14-17-10-8-9-11-18(17)27-13-6-2/h6,8-11H,2,5,7,12-15H2,1,3-4H3,(H2,21,22,23). The molecule has 2 N–H and O–H groups in total. The number of guanidine groups is 1. The third-order valence-corrected chi connectivity index (χ3v) is 4.16. The molecule has 0 aliphatic rings. The van der Waals surface area contributed by atoms with E-state index in [9.17, 15) is 0 Å². The second-order valence-corrected chi connectivity index (χ2v) is 6.23. The molecule has 2 aromatic rings. The van der Waals surface area contributed by atoms with Crippen molar-refractivity contribution in [1.82, 2.24) is 25.4 Å². The first kappa shape index (κ1) is 20.5. The highest BCUT2D eigenvalue weighted by Crippen LogP contribution is 2.18. The first-order valence-electron chi connectivity index (χ1n) is 9.34. The van der Waals surface area contributed by atoms with E-state index in [1.54, 1.807) is 6.08 Å². The molecule has 0 aliphatic carbocycles. The minimum absolute atomic E-state index is 0.478. The molecule has 0 aliphatic heterocycles. The van der Waals surface area contributed by atoms with Crippen molar-refractivity contribution in [1.29, 1.82) is 0 Å². The zero-order valence-corrected chi connectivity index (χ0v) is 16.5. The molecule has 0 saturated heterocycles. The van der Waals surface area contributed by atoms with Crippen LogP contribution in [0.25, 0.3) is 0 Å². The molecule has 1 aromatic carbocycles. The van der Waals surface area contributed by atoms with Crippen LogP contribution in [0.2, 0.25) is 0 Å². The van der Waals surface area contributed by atoms with Crippen LogP contribution >= 0.6 is 0 Å². The number of aliphatic imine (C=N–C) groups is 1. The van der Waals surface area contributed by atoms with Gasteiger partial charge in [-0.1, -0.05) is 44.2 Å². The van der Waals surface area contributed by atoms with Crippen molar-refractivity contribution < 1.29 is 4.74 Å². The number of unbranched alkanes of at least 4 members (excludes halogenated alkanes) is 1. The fraction of sp³-hybridized carbons (Fsp3) is 0.450. The number of para-hydroxylation sites is 1. The van der Waals surface area contributed by atoms with Crippen LogP contribution < -0.4 is 15.4 Å². The molecule has 146 valence electrons. The van der Waals surface area contributed by atoms with Gasteiger partial charge in [-0.2, -0.15) is 0 Å². The molecule has 2 rings (SSSR count). The number of aromatic nitrogens is 3. The Hall–Kier alpha value is -2.83. The summed E-state index contributed by atoms with van der Waals surface area (Å²) in [6, 6.07) is 7.93. The summed E-state index contributed by atoms with van der Waals surface area (Å²) in [5.41, 5.74) is 1.03. The summed E-state index contributed by atoms with van der Waals surface area (Å²) in [7, 11) is 1.96. The molecule has 0 unspecified atom stereocenters.